The van der Waals surface area contributed by atoms with Crippen LogP contribution in [0.1, 0.15) is 11.7 Å². The molecule has 1 aromatic heterocycles. The van der Waals surface area contributed by atoms with Gasteiger partial charge in [0.05, 0.1) is 18.8 Å². The van der Waals surface area contributed by atoms with Crippen molar-refractivity contribution >= 4 is 11.0 Å². The number of hydrogen-bond donors (Lipinski definition) is 11. The number of aliphatic hydroxyl groups excluding tert-OH is 7. The molecule has 0 radical (unpaired) electrons. The Balaban J connectivity index is 1.67. The summed E-state index contributed by atoms with van der Waals surface area (Å²) in [5, 5.41) is 113. The maximum absolute atomic E-state index is 13.2. The van der Waals surface area contributed by atoms with E-state index < -0.39 is 119 Å². The fourth-order valence-corrected chi connectivity index (χ4v) is 5.22. The molecule has 0 unspecified atom stereocenters. The van der Waals surface area contributed by atoms with Crippen molar-refractivity contribution in [1.29, 1.82) is 0 Å². The van der Waals surface area contributed by atoms with E-state index in [4.69, 9.17) is 18.6 Å². The van der Waals surface area contributed by atoms with E-state index in [0.29, 0.717) is 0 Å². The first-order chi connectivity index (χ1) is 20.4. The van der Waals surface area contributed by atoms with Crippen molar-refractivity contribution in [2.24, 2.45) is 0 Å². The minimum atomic E-state index is -1.95. The van der Waals surface area contributed by atoms with Gasteiger partial charge >= 0.3 is 0 Å². The normalized spacial score (nSPS) is 33.1. The number of benzene rings is 2. The monoisotopic (exact) mass is 610 g/mol. The van der Waals surface area contributed by atoms with Gasteiger partial charge in [0, 0.05) is 17.7 Å². The molecule has 0 amide bonds. The van der Waals surface area contributed by atoms with Gasteiger partial charge in [-0.2, -0.15) is 0 Å². The standard InChI is InChI=1S/C27H30O16/c28-6-15-20(36)22(38)26(43-27-23(39)21(37)19(35)16(7-29)42-27)25(41-15)18-12(33)4-11(32)17-13(34)5-14(40-24(17)18)8-1-2-9(30)10(31)3-8/h1-5,15-16,19-23,25-33,35-39H,6-7H2/t15-,16+,19+,20-,21-,22+,23+,25+,26-,27-/m1/s1. The maximum atomic E-state index is 13.2. The fraction of sp³-hybridized carbons (Fsp3) is 0.444. The summed E-state index contributed by atoms with van der Waals surface area (Å²) in [7, 11) is 0. The summed E-state index contributed by atoms with van der Waals surface area (Å²) in [5.74, 6) is -2.70. The van der Waals surface area contributed by atoms with Gasteiger partial charge in [-0.15, -0.1) is 0 Å². The van der Waals surface area contributed by atoms with Crippen LogP contribution in [0.2, 0.25) is 0 Å². The van der Waals surface area contributed by atoms with Gasteiger partial charge in [-0.25, -0.2) is 0 Å². The maximum Gasteiger partial charge on any atom is 0.197 e. The van der Waals surface area contributed by atoms with E-state index in [-0.39, 0.29) is 11.3 Å². The molecule has 234 valence electrons. The first kappa shape index (κ1) is 30.9. The predicted molar refractivity (Wildman–Crippen MR) is 140 cm³/mol. The number of aromatic hydroxyl groups is 4. The molecule has 0 aliphatic carbocycles. The van der Waals surface area contributed by atoms with Crippen LogP contribution in [0.3, 0.4) is 0 Å². The molecule has 3 aromatic rings. The number of rotatable bonds is 6. The van der Waals surface area contributed by atoms with E-state index in [2.05, 4.69) is 0 Å². The topological polar surface area (TPSA) is 280 Å². The third kappa shape index (κ3) is 5.38. The van der Waals surface area contributed by atoms with Crippen molar-refractivity contribution in [3.8, 4) is 34.3 Å². The van der Waals surface area contributed by atoms with Gasteiger partial charge in [-0.3, -0.25) is 4.79 Å². The number of phenolic OH excluding ortho intramolecular Hbond substituents is 4. The molecule has 16 nitrogen and oxygen atoms in total. The van der Waals surface area contributed by atoms with Crippen LogP contribution in [-0.4, -0.2) is 125 Å². The highest BCUT2D eigenvalue weighted by molar-refractivity contribution is 5.89. The van der Waals surface area contributed by atoms with Crippen molar-refractivity contribution in [3.63, 3.8) is 0 Å². The molecule has 10 atom stereocenters. The highest BCUT2D eigenvalue weighted by Gasteiger charge is 2.52. The first-order valence-electron chi connectivity index (χ1n) is 13.0. The Morgan fingerprint density at radius 1 is 0.698 bits per heavy atom. The Labute approximate surface area is 241 Å². The lowest BCUT2D eigenvalue weighted by molar-refractivity contribution is -0.342. The summed E-state index contributed by atoms with van der Waals surface area (Å²) < 4.78 is 22.7. The van der Waals surface area contributed by atoms with E-state index in [1.807, 2.05) is 0 Å². The molecule has 16 heteroatoms. The van der Waals surface area contributed by atoms with Gasteiger partial charge in [0.25, 0.3) is 0 Å². The second-order valence-corrected chi connectivity index (χ2v) is 10.3. The number of hydrogen-bond acceptors (Lipinski definition) is 16. The molecular weight excluding hydrogens is 580 g/mol. The van der Waals surface area contributed by atoms with Gasteiger partial charge in [0.15, 0.2) is 28.8 Å². The lowest BCUT2D eigenvalue weighted by atomic mass is 9.89. The third-order valence-corrected chi connectivity index (χ3v) is 7.55. The molecule has 0 spiro atoms. The zero-order valence-electron chi connectivity index (χ0n) is 22.0. The Hall–Kier alpha value is -3.55. The highest BCUT2D eigenvalue weighted by Crippen LogP contribution is 2.45. The molecule has 2 aromatic carbocycles. The Bertz CT molecular complexity index is 1540. The van der Waals surface area contributed by atoms with Crippen LogP contribution in [0, 0.1) is 0 Å². The first-order valence-corrected chi connectivity index (χ1v) is 13.0. The van der Waals surface area contributed by atoms with Crippen molar-refractivity contribution in [1.82, 2.24) is 0 Å². The molecule has 0 saturated carbocycles. The molecule has 0 bridgehead atoms. The molecule has 11 N–H and O–H groups in total. The number of aliphatic hydroxyl groups is 7. The van der Waals surface area contributed by atoms with Crippen molar-refractivity contribution in [2.75, 3.05) is 13.2 Å². The van der Waals surface area contributed by atoms with Crippen LogP contribution < -0.4 is 5.43 Å². The Kier molecular flexibility index (Phi) is 8.52. The van der Waals surface area contributed by atoms with E-state index in [9.17, 15) is 61.0 Å². The number of phenols is 4. The predicted octanol–water partition coefficient (Wildman–Crippen LogP) is -2.38. The largest absolute Gasteiger partial charge is 0.507 e. The summed E-state index contributed by atoms with van der Waals surface area (Å²) in [4.78, 5) is 13.2. The van der Waals surface area contributed by atoms with E-state index >= 15 is 0 Å². The lowest BCUT2D eigenvalue weighted by Gasteiger charge is -2.46. The Morgan fingerprint density at radius 2 is 1.35 bits per heavy atom. The lowest BCUT2D eigenvalue weighted by Crippen LogP contribution is -2.62. The summed E-state index contributed by atoms with van der Waals surface area (Å²) in [5.41, 5.74) is -1.66. The average Bonchev–Trinajstić information content (AvgIpc) is 2.97. The van der Waals surface area contributed by atoms with Crippen molar-refractivity contribution in [3.05, 3.63) is 46.1 Å². The zero-order chi connectivity index (χ0) is 31.3. The van der Waals surface area contributed by atoms with Gasteiger partial charge in [0.1, 0.15) is 77.6 Å². The van der Waals surface area contributed by atoms with Crippen LogP contribution in [-0.2, 0) is 14.2 Å². The minimum Gasteiger partial charge on any atom is -0.507 e. The summed E-state index contributed by atoms with van der Waals surface area (Å²) in [6.45, 7) is -1.66. The summed E-state index contributed by atoms with van der Waals surface area (Å²) >= 11 is 0. The molecule has 2 saturated heterocycles. The highest BCUT2D eigenvalue weighted by atomic mass is 16.7. The van der Waals surface area contributed by atoms with Gasteiger partial charge in [0.2, 0.25) is 0 Å². The number of ether oxygens (including phenoxy) is 3. The van der Waals surface area contributed by atoms with Gasteiger partial charge in [-0.05, 0) is 18.2 Å². The van der Waals surface area contributed by atoms with Crippen LogP contribution in [0.25, 0.3) is 22.3 Å². The summed E-state index contributed by atoms with van der Waals surface area (Å²) in [6.07, 6.45) is -17.7. The van der Waals surface area contributed by atoms with Crippen LogP contribution in [0.4, 0.5) is 0 Å². The molecule has 5 rings (SSSR count). The zero-order valence-corrected chi connectivity index (χ0v) is 22.0. The van der Waals surface area contributed by atoms with Crippen molar-refractivity contribution < 1.29 is 74.8 Å². The van der Waals surface area contributed by atoms with Gasteiger partial charge < -0.3 is 74.8 Å². The molecular formula is C27H30O16. The van der Waals surface area contributed by atoms with Crippen LogP contribution in [0.5, 0.6) is 23.0 Å². The average molecular weight is 611 g/mol. The smallest absolute Gasteiger partial charge is 0.197 e. The molecule has 2 aliphatic rings. The molecule has 43 heavy (non-hydrogen) atoms. The SMILES string of the molecule is O=c1cc(-c2ccc(O)c(O)c2)oc2c([C@@H]3O[C@H](CO)[C@@H](O)[C@H](O)[C@H]3O[C@H]3O[C@@H](CO)[C@H](O)[C@@H](O)[C@@H]3O)c(O)cc(O)c12. The second kappa shape index (κ2) is 11.9. The Morgan fingerprint density at radius 3 is 2.00 bits per heavy atom. The third-order valence-electron chi connectivity index (χ3n) is 7.55. The second-order valence-electron chi connectivity index (χ2n) is 10.3. The van der Waals surface area contributed by atoms with Crippen LogP contribution in [0.15, 0.2) is 39.5 Å². The van der Waals surface area contributed by atoms with E-state index in [0.717, 1.165) is 24.3 Å². The van der Waals surface area contributed by atoms with Crippen LogP contribution >= 0.6 is 0 Å². The van der Waals surface area contributed by atoms with E-state index in [1.54, 1.807) is 0 Å². The molecule has 3 heterocycles. The molecule has 2 fully saturated rings. The van der Waals surface area contributed by atoms with Gasteiger partial charge in [-0.1, -0.05) is 0 Å². The van der Waals surface area contributed by atoms with E-state index in [1.165, 1.54) is 6.07 Å². The quantitative estimate of drug-likeness (QED) is 0.130. The summed E-state index contributed by atoms with van der Waals surface area (Å²) in [6, 6.07) is 5.24. The minimum absolute atomic E-state index is 0.0884. The number of fused-ring (bicyclic) bond motifs is 1. The molecule has 2 aliphatic heterocycles. The van der Waals surface area contributed by atoms with Crippen molar-refractivity contribution in [2.45, 2.75) is 61.2 Å². The fourth-order valence-electron chi connectivity index (χ4n) is 5.22.